The minimum atomic E-state index is -0.299. The van der Waals surface area contributed by atoms with Crippen LogP contribution in [0.1, 0.15) is 5.56 Å². The molecule has 0 saturated carbocycles. The average molecular weight is 420 g/mol. The van der Waals surface area contributed by atoms with E-state index < -0.39 is 0 Å². The third-order valence-electron chi connectivity index (χ3n) is 5.67. The van der Waals surface area contributed by atoms with Crippen molar-refractivity contribution in [3.8, 4) is 33.8 Å². The third kappa shape index (κ3) is 2.94. The van der Waals surface area contributed by atoms with Gasteiger partial charge in [0.1, 0.15) is 11.5 Å². The molecule has 7 heteroatoms. The lowest BCUT2D eigenvalue weighted by atomic mass is 10.0. The first-order chi connectivity index (χ1) is 15.7. The summed E-state index contributed by atoms with van der Waals surface area (Å²) in [6.07, 6.45) is 7.08. The second kappa shape index (κ2) is 7.09. The molecule has 0 aliphatic carbocycles. The number of pyridine rings is 2. The fourth-order valence-electron chi connectivity index (χ4n) is 4.04. The lowest BCUT2D eigenvalue weighted by molar-refractivity contribution is 0.628. The molecule has 6 nitrogen and oxygen atoms in total. The Hall–Kier alpha value is -4.39. The van der Waals surface area contributed by atoms with Gasteiger partial charge in [-0.05, 0) is 53.9 Å². The number of nitrogens with one attached hydrogen (secondary N) is 2. The average Bonchev–Trinajstić information content (AvgIpc) is 3.42. The SMILES string of the molecule is Cc1ccncc1-c1ccc2[nH]nc(-c3nc4c(-c5cccc(F)c5)cncc4[nH]3)c2c1. The molecule has 2 N–H and O–H groups in total. The zero-order chi connectivity index (χ0) is 21.7. The van der Waals surface area contributed by atoms with Crippen molar-refractivity contribution in [2.75, 3.05) is 0 Å². The molecule has 154 valence electrons. The number of aromatic nitrogens is 6. The van der Waals surface area contributed by atoms with Gasteiger partial charge in [0.05, 0.1) is 22.7 Å². The van der Waals surface area contributed by atoms with Crippen molar-refractivity contribution in [3.05, 3.63) is 84.7 Å². The van der Waals surface area contributed by atoms with Crippen LogP contribution in [0.5, 0.6) is 0 Å². The van der Waals surface area contributed by atoms with Crippen LogP contribution in [-0.4, -0.2) is 30.1 Å². The third-order valence-corrected chi connectivity index (χ3v) is 5.67. The van der Waals surface area contributed by atoms with E-state index in [2.05, 4.69) is 44.2 Å². The minimum Gasteiger partial charge on any atom is -0.335 e. The quantitative estimate of drug-likeness (QED) is 0.386. The molecule has 32 heavy (non-hydrogen) atoms. The van der Waals surface area contributed by atoms with Crippen molar-refractivity contribution in [2.24, 2.45) is 0 Å². The van der Waals surface area contributed by atoms with E-state index in [1.165, 1.54) is 12.1 Å². The molecule has 0 spiro atoms. The predicted molar refractivity (Wildman–Crippen MR) is 122 cm³/mol. The largest absolute Gasteiger partial charge is 0.335 e. The van der Waals surface area contributed by atoms with Gasteiger partial charge in [-0.3, -0.25) is 15.1 Å². The fraction of sp³-hybridized carbons (Fsp3) is 0.0400. The summed E-state index contributed by atoms with van der Waals surface area (Å²) in [5, 5.41) is 8.56. The van der Waals surface area contributed by atoms with Gasteiger partial charge in [0.2, 0.25) is 0 Å². The molecule has 0 bridgehead atoms. The molecule has 0 amide bonds. The number of imidazole rings is 1. The van der Waals surface area contributed by atoms with Crippen molar-refractivity contribution in [2.45, 2.75) is 6.92 Å². The molecule has 0 fully saturated rings. The maximum absolute atomic E-state index is 13.8. The van der Waals surface area contributed by atoms with Crippen LogP contribution in [0.25, 0.3) is 55.7 Å². The highest BCUT2D eigenvalue weighted by molar-refractivity contribution is 5.98. The minimum absolute atomic E-state index is 0.299. The Morgan fingerprint density at radius 2 is 1.72 bits per heavy atom. The number of nitrogens with zero attached hydrogens (tertiary/aromatic N) is 4. The van der Waals surface area contributed by atoms with E-state index in [0.717, 1.165) is 49.8 Å². The molecule has 0 saturated heterocycles. The van der Waals surface area contributed by atoms with Crippen LogP contribution in [0.2, 0.25) is 0 Å². The molecule has 0 aliphatic heterocycles. The second-order valence-electron chi connectivity index (χ2n) is 7.70. The van der Waals surface area contributed by atoms with E-state index in [1.54, 1.807) is 24.7 Å². The zero-order valence-corrected chi connectivity index (χ0v) is 17.1. The van der Waals surface area contributed by atoms with Gasteiger partial charge in [0.15, 0.2) is 5.82 Å². The Balaban J connectivity index is 1.52. The van der Waals surface area contributed by atoms with Crippen LogP contribution in [0.4, 0.5) is 4.39 Å². The number of aromatic amines is 2. The van der Waals surface area contributed by atoms with E-state index in [4.69, 9.17) is 4.98 Å². The van der Waals surface area contributed by atoms with Crippen LogP contribution in [0.3, 0.4) is 0 Å². The molecular weight excluding hydrogens is 403 g/mol. The zero-order valence-electron chi connectivity index (χ0n) is 17.1. The number of H-pyrrole nitrogens is 2. The summed E-state index contributed by atoms with van der Waals surface area (Å²) >= 11 is 0. The first-order valence-corrected chi connectivity index (χ1v) is 10.2. The van der Waals surface area contributed by atoms with E-state index in [0.29, 0.717) is 11.5 Å². The standard InChI is InChI=1S/C25H17FN6/c1-14-7-8-27-11-19(14)16-5-6-21-18(10-16)24(32-31-21)25-29-22-13-28-12-20(23(22)30-25)15-3-2-4-17(26)9-15/h2-13H,1H3,(H,29,30)(H,31,32). The summed E-state index contributed by atoms with van der Waals surface area (Å²) in [5.74, 6) is 0.323. The normalized spacial score (nSPS) is 11.4. The van der Waals surface area contributed by atoms with Crippen molar-refractivity contribution in [1.82, 2.24) is 30.1 Å². The molecule has 0 atom stereocenters. The first kappa shape index (κ1) is 18.4. The Bertz CT molecular complexity index is 1610. The number of hydrogen-bond donors (Lipinski definition) is 2. The predicted octanol–water partition coefficient (Wildman–Crippen LogP) is 5.68. The van der Waals surface area contributed by atoms with Crippen LogP contribution >= 0.6 is 0 Å². The van der Waals surface area contributed by atoms with Crippen LogP contribution in [0.15, 0.2) is 73.3 Å². The lowest BCUT2D eigenvalue weighted by Crippen LogP contribution is -1.86. The monoisotopic (exact) mass is 420 g/mol. The van der Waals surface area contributed by atoms with Gasteiger partial charge in [-0.15, -0.1) is 0 Å². The number of halogens is 1. The summed E-state index contributed by atoms with van der Waals surface area (Å²) in [4.78, 5) is 16.7. The lowest BCUT2D eigenvalue weighted by Gasteiger charge is -2.05. The highest BCUT2D eigenvalue weighted by Gasteiger charge is 2.16. The van der Waals surface area contributed by atoms with Crippen molar-refractivity contribution >= 4 is 21.9 Å². The topological polar surface area (TPSA) is 83.1 Å². The van der Waals surface area contributed by atoms with Gasteiger partial charge in [-0.1, -0.05) is 18.2 Å². The molecule has 4 heterocycles. The summed E-state index contributed by atoms with van der Waals surface area (Å²) in [6, 6.07) is 14.6. The van der Waals surface area contributed by atoms with Gasteiger partial charge in [-0.25, -0.2) is 9.37 Å². The second-order valence-corrected chi connectivity index (χ2v) is 7.70. The molecule has 2 aromatic carbocycles. The maximum Gasteiger partial charge on any atom is 0.159 e. The molecule has 6 aromatic rings. The van der Waals surface area contributed by atoms with Gasteiger partial charge in [-0.2, -0.15) is 5.10 Å². The maximum atomic E-state index is 13.8. The molecule has 4 aromatic heterocycles. The summed E-state index contributed by atoms with van der Waals surface area (Å²) in [7, 11) is 0. The van der Waals surface area contributed by atoms with Gasteiger partial charge in [0.25, 0.3) is 0 Å². The van der Waals surface area contributed by atoms with E-state index in [9.17, 15) is 4.39 Å². The van der Waals surface area contributed by atoms with E-state index in [1.807, 2.05) is 24.4 Å². The van der Waals surface area contributed by atoms with Crippen molar-refractivity contribution in [1.29, 1.82) is 0 Å². The number of fused-ring (bicyclic) bond motifs is 2. The molecule has 6 rings (SSSR count). The number of aryl methyl sites for hydroxylation is 1. The summed E-state index contributed by atoms with van der Waals surface area (Å²) in [6.45, 7) is 2.07. The smallest absolute Gasteiger partial charge is 0.159 e. The number of hydrogen-bond acceptors (Lipinski definition) is 4. The first-order valence-electron chi connectivity index (χ1n) is 10.2. The van der Waals surface area contributed by atoms with Gasteiger partial charge in [0, 0.05) is 35.1 Å². The van der Waals surface area contributed by atoms with Crippen LogP contribution in [-0.2, 0) is 0 Å². The summed E-state index contributed by atoms with van der Waals surface area (Å²) in [5.41, 5.74) is 7.87. The Morgan fingerprint density at radius 1 is 0.844 bits per heavy atom. The number of rotatable bonds is 3. The Kier molecular flexibility index (Phi) is 4.07. The van der Waals surface area contributed by atoms with Crippen molar-refractivity contribution in [3.63, 3.8) is 0 Å². The highest BCUT2D eigenvalue weighted by atomic mass is 19.1. The van der Waals surface area contributed by atoms with Gasteiger partial charge < -0.3 is 4.98 Å². The van der Waals surface area contributed by atoms with Crippen LogP contribution < -0.4 is 0 Å². The molecule has 0 radical (unpaired) electrons. The molecule has 0 unspecified atom stereocenters. The fourth-order valence-corrected chi connectivity index (χ4v) is 4.04. The molecular formula is C25H17FN6. The number of benzene rings is 2. The summed E-state index contributed by atoms with van der Waals surface area (Å²) < 4.78 is 13.8. The highest BCUT2D eigenvalue weighted by Crippen LogP contribution is 2.33. The van der Waals surface area contributed by atoms with E-state index >= 15 is 0 Å². The Labute approximate surface area is 182 Å². The van der Waals surface area contributed by atoms with Gasteiger partial charge >= 0.3 is 0 Å². The van der Waals surface area contributed by atoms with Crippen LogP contribution in [0, 0.1) is 12.7 Å². The Morgan fingerprint density at radius 3 is 2.59 bits per heavy atom. The molecule has 0 aliphatic rings. The van der Waals surface area contributed by atoms with E-state index in [-0.39, 0.29) is 5.82 Å². The van der Waals surface area contributed by atoms with Crippen molar-refractivity contribution < 1.29 is 4.39 Å².